The van der Waals surface area contributed by atoms with Gasteiger partial charge in [-0.3, -0.25) is 13.8 Å². The van der Waals surface area contributed by atoms with Crippen LogP contribution in [-0.4, -0.2) is 29.3 Å². The Morgan fingerprint density at radius 2 is 1.42 bits per heavy atom. The van der Waals surface area contributed by atoms with E-state index in [2.05, 4.69) is 10.0 Å². The van der Waals surface area contributed by atoms with Crippen LogP contribution in [0.25, 0.3) is 0 Å². The van der Waals surface area contributed by atoms with E-state index in [-0.39, 0.29) is 26.9 Å². The van der Waals surface area contributed by atoms with E-state index in [1.54, 1.807) is 31.2 Å². The lowest BCUT2D eigenvalue weighted by Crippen LogP contribution is -2.38. The normalized spacial score (nSPS) is 12.0. The first-order chi connectivity index (χ1) is 20.1. The molecule has 43 heavy (non-hydrogen) atoms. The lowest BCUT2D eigenvalue weighted by molar-refractivity contribution is -0.137. The smallest absolute Gasteiger partial charge is 0.325 e. The third-order valence-electron chi connectivity index (χ3n) is 5.95. The molecule has 4 aromatic carbocycles. The van der Waals surface area contributed by atoms with Crippen molar-refractivity contribution in [1.82, 2.24) is 0 Å². The fraction of sp³-hybridized carbons (Fsp3) is 0.107. The van der Waals surface area contributed by atoms with E-state index >= 15 is 0 Å². The quantitative estimate of drug-likeness (QED) is 0.200. The lowest BCUT2D eigenvalue weighted by Gasteiger charge is -2.24. The van der Waals surface area contributed by atoms with Gasteiger partial charge in [-0.2, -0.15) is 13.2 Å². The van der Waals surface area contributed by atoms with E-state index in [1.165, 1.54) is 36.4 Å². The average molecular weight is 673 g/mol. The highest BCUT2D eigenvalue weighted by atomic mass is 35.5. The number of nitrogens with one attached hydrogen (secondary N) is 2. The first-order valence-corrected chi connectivity index (χ1v) is 15.9. The molecule has 0 spiro atoms. The summed E-state index contributed by atoms with van der Waals surface area (Å²) < 4.78 is 95.0. The molecule has 0 saturated carbocycles. The molecule has 0 radical (unpaired) electrons. The van der Waals surface area contributed by atoms with Crippen molar-refractivity contribution in [2.24, 2.45) is 0 Å². The zero-order chi connectivity index (χ0) is 31.6. The van der Waals surface area contributed by atoms with E-state index in [0.29, 0.717) is 11.1 Å². The summed E-state index contributed by atoms with van der Waals surface area (Å²) in [5.41, 5.74) is -0.415. The van der Waals surface area contributed by atoms with E-state index in [0.717, 1.165) is 34.1 Å². The summed E-state index contributed by atoms with van der Waals surface area (Å²) in [4.78, 5) is 12.6. The number of hydrogen-bond acceptors (Lipinski definition) is 5. The molecule has 0 aromatic heterocycles. The van der Waals surface area contributed by atoms with Crippen LogP contribution < -0.4 is 14.3 Å². The maximum atomic E-state index is 13.5. The van der Waals surface area contributed by atoms with Crippen molar-refractivity contribution in [3.63, 3.8) is 0 Å². The Morgan fingerprint density at radius 1 is 0.814 bits per heavy atom. The second-order valence-corrected chi connectivity index (χ2v) is 13.6. The number of anilines is 3. The molecule has 0 bridgehead atoms. The number of rotatable bonds is 9. The van der Waals surface area contributed by atoms with E-state index < -0.39 is 49.3 Å². The second kappa shape index (κ2) is 12.4. The van der Waals surface area contributed by atoms with Gasteiger partial charge in [0.15, 0.2) is 0 Å². The zero-order valence-electron chi connectivity index (χ0n) is 22.1. The summed E-state index contributed by atoms with van der Waals surface area (Å²) in [6.07, 6.45) is -4.79. The van der Waals surface area contributed by atoms with Gasteiger partial charge in [0.1, 0.15) is 6.54 Å². The highest BCUT2D eigenvalue weighted by molar-refractivity contribution is 7.93. The Morgan fingerprint density at radius 3 is 2.02 bits per heavy atom. The van der Waals surface area contributed by atoms with E-state index in [4.69, 9.17) is 23.2 Å². The molecule has 226 valence electrons. The van der Waals surface area contributed by atoms with Crippen LogP contribution in [0.3, 0.4) is 0 Å². The number of carbonyl (C=O) groups is 1. The van der Waals surface area contributed by atoms with Crippen LogP contribution in [0.4, 0.5) is 30.2 Å². The van der Waals surface area contributed by atoms with Crippen LogP contribution in [-0.2, 0) is 31.0 Å². The Kier molecular flexibility index (Phi) is 9.30. The van der Waals surface area contributed by atoms with Crippen molar-refractivity contribution in [3.8, 4) is 0 Å². The van der Waals surface area contributed by atoms with Gasteiger partial charge in [0, 0.05) is 16.4 Å². The fourth-order valence-corrected chi connectivity index (χ4v) is 6.71. The summed E-state index contributed by atoms with van der Waals surface area (Å²) in [6, 6.07) is 19.4. The summed E-state index contributed by atoms with van der Waals surface area (Å²) in [7, 11) is -8.51. The maximum Gasteiger partial charge on any atom is 0.417 e. The predicted molar refractivity (Wildman–Crippen MR) is 159 cm³/mol. The molecule has 0 fully saturated rings. The number of aryl methyl sites for hydroxylation is 1. The molecule has 0 unspecified atom stereocenters. The Balaban J connectivity index is 1.52. The summed E-state index contributed by atoms with van der Waals surface area (Å²) in [5.74, 6) is -0.728. The molecule has 8 nitrogen and oxygen atoms in total. The van der Waals surface area contributed by atoms with Gasteiger partial charge in [0.25, 0.3) is 20.0 Å². The Labute approximate surface area is 256 Å². The number of benzene rings is 4. The molecule has 0 atom stereocenters. The Hall–Kier alpha value is -3.78. The number of sulfonamides is 2. The van der Waals surface area contributed by atoms with Gasteiger partial charge < -0.3 is 5.32 Å². The molecule has 4 rings (SSSR count). The molecular formula is C28H22Cl2F3N3O5S2. The van der Waals surface area contributed by atoms with Crippen molar-refractivity contribution in [2.75, 3.05) is 20.9 Å². The molecule has 0 heterocycles. The minimum atomic E-state index is -4.79. The number of nitrogens with zero attached hydrogens (tertiary/aromatic N) is 1. The van der Waals surface area contributed by atoms with Crippen molar-refractivity contribution in [3.05, 3.63) is 112 Å². The average Bonchev–Trinajstić information content (AvgIpc) is 2.92. The van der Waals surface area contributed by atoms with Gasteiger partial charge in [-0.15, -0.1) is 0 Å². The van der Waals surface area contributed by atoms with Gasteiger partial charge >= 0.3 is 6.18 Å². The molecule has 0 aliphatic rings. The van der Waals surface area contributed by atoms with Crippen molar-refractivity contribution in [2.45, 2.75) is 22.9 Å². The first kappa shape index (κ1) is 32.1. The topological polar surface area (TPSA) is 113 Å². The third kappa shape index (κ3) is 7.79. The predicted octanol–water partition coefficient (Wildman–Crippen LogP) is 6.96. The van der Waals surface area contributed by atoms with Gasteiger partial charge in [-0.05, 0) is 91.3 Å². The number of alkyl halides is 3. The SMILES string of the molecule is Cc1cccc(N(CC(=O)Nc2ccc(S(=O)(=O)Nc3ccc(Cl)c(C(F)(F)F)c3)cc2)S(=O)(=O)c2ccc(Cl)cc2)c1. The standard InChI is InChI=1S/C28H22Cl2F3N3O5S2/c1-18-3-2-4-22(15-18)36(43(40,41)24-10-5-19(29)6-11-24)17-27(37)34-20-7-12-23(13-8-20)42(38,39)35-21-9-14-26(30)25(16-21)28(31,32)33/h2-16,35H,17H2,1H3,(H,34,37). The number of halogens is 5. The van der Waals surface area contributed by atoms with Crippen LogP contribution in [0.1, 0.15) is 11.1 Å². The number of amides is 1. The van der Waals surface area contributed by atoms with Crippen LogP contribution >= 0.6 is 23.2 Å². The van der Waals surface area contributed by atoms with Crippen LogP contribution in [0.2, 0.25) is 10.0 Å². The minimum absolute atomic E-state index is 0.0868. The fourth-order valence-electron chi connectivity index (χ4n) is 3.90. The highest BCUT2D eigenvalue weighted by Gasteiger charge is 2.34. The lowest BCUT2D eigenvalue weighted by atomic mass is 10.2. The largest absolute Gasteiger partial charge is 0.417 e. The number of carbonyl (C=O) groups excluding carboxylic acids is 1. The summed E-state index contributed by atoms with van der Waals surface area (Å²) >= 11 is 11.5. The molecule has 2 N–H and O–H groups in total. The van der Waals surface area contributed by atoms with Crippen LogP contribution in [0.5, 0.6) is 0 Å². The second-order valence-electron chi connectivity index (χ2n) is 9.18. The summed E-state index contributed by atoms with van der Waals surface area (Å²) in [6.45, 7) is 1.15. The molecular weight excluding hydrogens is 650 g/mol. The van der Waals surface area contributed by atoms with Gasteiger partial charge in [-0.25, -0.2) is 16.8 Å². The molecule has 0 saturated heterocycles. The van der Waals surface area contributed by atoms with Crippen LogP contribution in [0, 0.1) is 6.92 Å². The van der Waals surface area contributed by atoms with E-state index in [9.17, 15) is 34.8 Å². The van der Waals surface area contributed by atoms with Gasteiger partial charge in [0.05, 0.1) is 26.1 Å². The van der Waals surface area contributed by atoms with Gasteiger partial charge in [-0.1, -0.05) is 35.3 Å². The zero-order valence-corrected chi connectivity index (χ0v) is 25.2. The monoisotopic (exact) mass is 671 g/mol. The third-order valence-corrected chi connectivity index (χ3v) is 9.72. The first-order valence-electron chi connectivity index (χ1n) is 12.2. The van der Waals surface area contributed by atoms with Crippen LogP contribution in [0.15, 0.2) is 101 Å². The molecule has 0 aliphatic heterocycles. The van der Waals surface area contributed by atoms with Gasteiger partial charge in [0.2, 0.25) is 5.91 Å². The molecule has 4 aromatic rings. The molecule has 15 heteroatoms. The summed E-state index contributed by atoms with van der Waals surface area (Å²) in [5, 5.41) is 2.27. The molecule has 0 aliphatic carbocycles. The minimum Gasteiger partial charge on any atom is -0.325 e. The Bertz CT molecular complexity index is 1870. The number of hydrogen-bond donors (Lipinski definition) is 2. The van der Waals surface area contributed by atoms with E-state index in [1.807, 2.05) is 0 Å². The molecule has 1 amide bonds. The van der Waals surface area contributed by atoms with Crippen molar-refractivity contribution < 1.29 is 34.8 Å². The maximum absolute atomic E-state index is 13.5. The highest BCUT2D eigenvalue weighted by Crippen LogP contribution is 2.36. The van der Waals surface area contributed by atoms with Crippen molar-refractivity contribution in [1.29, 1.82) is 0 Å². The van der Waals surface area contributed by atoms with Crippen molar-refractivity contribution >= 4 is 66.2 Å².